The molecule has 0 aliphatic carbocycles. The fourth-order valence-corrected chi connectivity index (χ4v) is 2.60. The summed E-state index contributed by atoms with van der Waals surface area (Å²) < 4.78 is 0. The van der Waals surface area contributed by atoms with Crippen molar-refractivity contribution in [2.45, 2.75) is 25.0 Å². The first-order valence-electron chi connectivity index (χ1n) is 6.42. The van der Waals surface area contributed by atoms with Crippen molar-refractivity contribution in [3.63, 3.8) is 0 Å². The Kier molecular flexibility index (Phi) is 8.71. The van der Waals surface area contributed by atoms with Crippen molar-refractivity contribution in [1.29, 1.82) is 0 Å². The average Bonchev–Trinajstić information content (AvgIpc) is 2.38. The Morgan fingerprint density at radius 2 is 2.16 bits per heavy atom. The SMILES string of the molecule is O=C(CSCc1cccc(Cl)c1)NCCCCCO. The fourth-order valence-electron chi connectivity index (χ4n) is 1.58. The molecule has 0 heterocycles. The highest BCUT2D eigenvalue weighted by atomic mass is 35.5. The van der Waals surface area contributed by atoms with Crippen LogP contribution in [-0.4, -0.2) is 29.9 Å². The number of aliphatic hydroxyl groups excluding tert-OH is 1. The normalized spacial score (nSPS) is 10.4. The number of hydrogen-bond acceptors (Lipinski definition) is 3. The van der Waals surface area contributed by atoms with E-state index in [0.717, 1.165) is 35.6 Å². The molecular weight excluding hydrogens is 282 g/mol. The van der Waals surface area contributed by atoms with Crippen molar-refractivity contribution in [2.24, 2.45) is 0 Å². The summed E-state index contributed by atoms with van der Waals surface area (Å²) in [5, 5.41) is 12.2. The summed E-state index contributed by atoms with van der Waals surface area (Å²) in [6.07, 6.45) is 2.68. The van der Waals surface area contributed by atoms with E-state index in [1.54, 1.807) is 11.8 Å². The Hall–Kier alpha value is -0.710. The van der Waals surface area contributed by atoms with Crippen LogP contribution in [0.4, 0.5) is 0 Å². The van der Waals surface area contributed by atoms with Gasteiger partial charge in [-0.15, -0.1) is 11.8 Å². The van der Waals surface area contributed by atoms with Gasteiger partial charge >= 0.3 is 0 Å². The molecule has 0 unspecified atom stereocenters. The van der Waals surface area contributed by atoms with Crippen LogP contribution < -0.4 is 5.32 Å². The Bertz CT molecular complexity index is 387. The van der Waals surface area contributed by atoms with Gasteiger partial charge in [-0.1, -0.05) is 23.7 Å². The maximum atomic E-state index is 11.5. The van der Waals surface area contributed by atoms with Gasteiger partial charge in [0.1, 0.15) is 0 Å². The smallest absolute Gasteiger partial charge is 0.230 e. The summed E-state index contributed by atoms with van der Waals surface area (Å²) in [5.74, 6) is 1.32. The van der Waals surface area contributed by atoms with Gasteiger partial charge in [0.2, 0.25) is 5.91 Å². The van der Waals surface area contributed by atoms with Crippen LogP contribution in [0.2, 0.25) is 5.02 Å². The summed E-state index contributed by atoms with van der Waals surface area (Å²) in [6, 6.07) is 7.68. The monoisotopic (exact) mass is 301 g/mol. The first-order chi connectivity index (χ1) is 9.22. The van der Waals surface area contributed by atoms with E-state index in [1.165, 1.54) is 0 Å². The van der Waals surface area contributed by atoms with Gasteiger partial charge in [-0.3, -0.25) is 4.79 Å². The number of benzene rings is 1. The molecule has 0 fully saturated rings. The number of unbranched alkanes of at least 4 members (excludes halogenated alkanes) is 2. The Morgan fingerprint density at radius 3 is 2.89 bits per heavy atom. The lowest BCUT2D eigenvalue weighted by atomic mass is 10.2. The van der Waals surface area contributed by atoms with Crippen molar-refractivity contribution >= 4 is 29.3 Å². The summed E-state index contributed by atoms with van der Waals surface area (Å²) in [6.45, 7) is 0.917. The van der Waals surface area contributed by atoms with E-state index < -0.39 is 0 Å². The van der Waals surface area contributed by atoms with Gasteiger partial charge in [-0.25, -0.2) is 0 Å². The first-order valence-corrected chi connectivity index (χ1v) is 7.95. The summed E-state index contributed by atoms with van der Waals surface area (Å²) in [5.41, 5.74) is 1.13. The zero-order valence-corrected chi connectivity index (χ0v) is 12.5. The molecule has 2 N–H and O–H groups in total. The van der Waals surface area contributed by atoms with E-state index in [2.05, 4.69) is 5.32 Å². The number of carbonyl (C=O) groups excluding carboxylic acids is 1. The third-order valence-corrected chi connectivity index (χ3v) is 3.79. The van der Waals surface area contributed by atoms with Crippen molar-refractivity contribution in [2.75, 3.05) is 18.9 Å². The van der Waals surface area contributed by atoms with Crippen molar-refractivity contribution in [1.82, 2.24) is 5.32 Å². The zero-order chi connectivity index (χ0) is 13.9. The highest BCUT2D eigenvalue weighted by molar-refractivity contribution is 7.99. The largest absolute Gasteiger partial charge is 0.396 e. The number of nitrogens with one attached hydrogen (secondary N) is 1. The summed E-state index contributed by atoms with van der Waals surface area (Å²) in [4.78, 5) is 11.5. The Labute approximate surface area is 123 Å². The van der Waals surface area contributed by atoms with Crippen LogP contribution in [0.15, 0.2) is 24.3 Å². The molecule has 0 radical (unpaired) electrons. The lowest BCUT2D eigenvalue weighted by Crippen LogP contribution is -2.26. The van der Waals surface area contributed by atoms with Crippen LogP contribution in [-0.2, 0) is 10.5 Å². The lowest BCUT2D eigenvalue weighted by Gasteiger charge is -2.05. The number of thioether (sulfide) groups is 1. The number of halogens is 1. The molecule has 1 rings (SSSR count). The molecule has 0 bridgehead atoms. The fraction of sp³-hybridized carbons (Fsp3) is 0.500. The highest BCUT2D eigenvalue weighted by Gasteiger charge is 2.01. The topological polar surface area (TPSA) is 49.3 Å². The molecule has 1 aromatic rings. The molecule has 106 valence electrons. The molecule has 0 atom stereocenters. The van der Waals surface area contributed by atoms with Gasteiger partial charge in [0.15, 0.2) is 0 Å². The Morgan fingerprint density at radius 1 is 1.32 bits per heavy atom. The van der Waals surface area contributed by atoms with E-state index in [9.17, 15) is 4.79 Å². The minimum absolute atomic E-state index is 0.0658. The number of rotatable bonds is 9. The van der Waals surface area contributed by atoms with Gasteiger partial charge in [-0.05, 0) is 37.0 Å². The van der Waals surface area contributed by atoms with Gasteiger partial charge in [0.25, 0.3) is 0 Å². The van der Waals surface area contributed by atoms with Crippen LogP contribution in [0.3, 0.4) is 0 Å². The van der Waals surface area contributed by atoms with Gasteiger partial charge in [0.05, 0.1) is 5.75 Å². The minimum atomic E-state index is 0.0658. The zero-order valence-electron chi connectivity index (χ0n) is 10.9. The third kappa shape index (κ3) is 8.14. The first kappa shape index (κ1) is 16.3. The maximum Gasteiger partial charge on any atom is 0.230 e. The lowest BCUT2D eigenvalue weighted by molar-refractivity contribution is -0.118. The molecule has 0 spiro atoms. The standard InChI is InChI=1S/C14H20ClNO2S/c15-13-6-4-5-12(9-13)10-19-11-14(18)16-7-2-1-3-8-17/h4-6,9,17H,1-3,7-8,10-11H2,(H,16,18). The third-order valence-electron chi connectivity index (χ3n) is 2.55. The van der Waals surface area contributed by atoms with E-state index in [-0.39, 0.29) is 12.5 Å². The van der Waals surface area contributed by atoms with Crippen LogP contribution in [0, 0.1) is 0 Å². The van der Waals surface area contributed by atoms with Crippen LogP contribution in [0.1, 0.15) is 24.8 Å². The second-order valence-electron chi connectivity index (χ2n) is 4.26. The van der Waals surface area contributed by atoms with Crippen LogP contribution in [0.5, 0.6) is 0 Å². The van der Waals surface area contributed by atoms with E-state index >= 15 is 0 Å². The van der Waals surface area contributed by atoms with Gasteiger partial charge in [0, 0.05) is 23.9 Å². The number of aliphatic hydroxyl groups is 1. The average molecular weight is 302 g/mol. The second kappa shape index (κ2) is 10.1. The van der Waals surface area contributed by atoms with Crippen LogP contribution in [0.25, 0.3) is 0 Å². The second-order valence-corrected chi connectivity index (χ2v) is 5.68. The highest BCUT2D eigenvalue weighted by Crippen LogP contribution is 2.16. The number of carbonyl (C=O) groups is 1. The van der Waals surface area contributed by atoms with Gasteiger partial charge < -0.3 is 10.4 Å². The van der Waals surface area contributed by atoms with E-state index in [0.29, 0.717) is 12.3 Å². The molecule has 0 saturated carbocycles. The molecule has 0 aliphatic heterocycles. The van der Waals surface area contributed by atoms with E-state index in [1.807, 2.05) is 24.3 Å². The molecule has 0 aliphatic rings. The number of hydrogen-bond donors (Lipinski definition) is 2. The maximum absolute atomic E-state index is 11.5. The quantitative estimate of drug-likeness (QED) is 0.690. The molecule has 0 aromatic heterocycles. The predicted molar refractivity (Wildman–Crippen MR) is 81.6 cm³/mol. The van der Waals surface area contributed by atoms with E-state index in [4.69, 9.17) is 16.7 Å². The number of amides is 1. The molecule has 5 heteroatoms. The predicted octanol–water partition coefficient (Wildman–Crippen LogP) is 2.85. The Balaban J connectivity index is 2.07. The van der Waals surface area contributed by atoms with Crippen molar-refractivity contribution in [3.8, 4) is 0 Å². The summed E-state index contributed by atoms with van der Waals surface area (Å²) in [7, 11) is 0. The molecule has 0 saturated heterocycles. The van der Waals surface area contributed by atoms with Gasteiger partial charge in [-0.2, -0.15) is 0 Å². The van der Waals surface area contributed by atoms with Crippen LogP contribution >= 0.6 is 23.4 Å². The molecule has 1 aromatic carbocycles. The molecule has 3 nitrogen and oxygen atoms in total. The van der Waals surface area contributed by atoms with Crippen molar-refractivity contribution in [3.05, 3.63) is 34.9 Å². The molecule has 1 amide bonds. The minimum Gasteiger partial charge on any atom is -0.396 e. The van der Waals surface area contributed by atoms with Crippen molar-refractivity contribution < 1.29 is 9.90 Å². The molecular formula is C14H20ClNO2S. The summed E-state index contributed by atoms with van der Waals surface area (Å²) >= 11 is 7.47. The molecule has 19 heavy (non-hydrogen) atoms.